The molecule has 0 bridgehead atoms. The summed E-state index contributed by atoms with van der Waals surface area (Å²) in [5.41, 5.74) is 1.53. The van der Waals surface area contributed by atoms with Gasteiger partial charge in [-0.2, -0.15) is 0 Å². The maximum Gasteiger partial charge on any atom is 0.118 e. The fourth-order valence-corrected chi connectivity index (χ4v) is 1.99. The Hall–Kier alpha value is -0.690. The largest absolute Gasteiger partial charge is 0.497 e. The normalized spacial score (nSPS) is 20.2. The first kappa shape index (κ1) is 9.85. The molecule has 1 aromatic carbocycles. The van der Waals surface area contributed by atoms with Crippen LogP contribution in [0.2, 0.25) is 0 Å². The first-order chi connectivity index (χ1) is 6.65. The SMILES string of the molecule is COc1ccc(C(Cl)C2(C)CC2)cc1. The minimum Gasteiger partial charge on any atom is -0.497 e. The molecule has 0 aromatic heterocycles. The van der Waals surface area contributed by atoms with Gasteiger partial charge in [0.1, 0.15) is 5.75 Å². The molecular weight excluding hydrogens is 196 g/mol. The van der Waals surface area contributed by atoms with Crippen LogP contribution >= 0.6 is 11.6 Å². The highest BCUT2D eigenvalue weighted by Gasteiger charge is 2.44. The maximum atomic E-state index is 6.40. The Morgan fingerprint density at radius 1 is 1.29 bits per heavy atom. The van der Waals surface area contributed by atoms with Gasteiger partial charge in [0.25, 0.3) is 0 Å². The number of methoxy groups -OCH3 is 1. The number of hydrogen-bond acceptors (Lipinski definition) is 1. The van der Waals surface area contributed by atoms with Crippen LogP contribution in [-0.2, 0) is 0 Å². The van der Waals surface area contributed by atoms with Gasteiger partial charge in [0, 0.05) is 0 Å². The molecule has 0 aliphatic heterocycles. The molecule has 1 fully saturated rings. The number of alkyl halides is 1. The van der Waals surface area contributed by atoms with Crippen molar-refractivity contribution in [1.82, 2.24) is 0 Å². The van der Waals surface area contributed by atoms with Gasteiger partial charge in [-0.3, -0.25) is 0 Å². The van der Waals surface area contributed by atoms with Gasteiger partial charge >= 0.3 is 0 Å². The van der Waals surface area contributed by atoms with Crippen LogP contribution in [0.3, 0.4) is 0 Å². The van der Waals surface area contributed by atoms with Crippen molar-refractivity contribution in [3.05, 3.63) is 29.8 Å². The first-order valence-corrected chi connectivity index (χ1v) is 5.37. The van der Waals surface area contributed by atoms with E-state index >= 15 is 0 Å². The van der Waals surface area contributed by atoms with Crippen molar-refractivity contribution < 1.29 is 4.74 Å². The van der Waals surface area contributed by atoms with Gasteiger partial charge in [0.2, 0.25) is 0 Å². The van der Waals surface area contributed by atoms with E-state index in [9.17, 15) is 0 Å². The number of benzene rings is 1. The number of ether oxygens (including phenoxy) is 1. The Labute approximate surface area is 90.0 Å². The molecule has 1 atom stereocenters. The van der Waals surface area contributed by atoms with Gasteiger partial charge in [-0.05, 0) is 36.0 Å². The Morgan fingerprint density at radius 2 is 1.86 bits per heavy atom. The van der Waals surface area contributed by atoms with Gasteiger partial charge in [-0.1, -0.05) is 19.1 Å². The molecule has 1 saturated carbocycles. The van der Waals surface area contributed by atoms with E-state index in [4.69, 9.17) is 16.3 Å². The second-order valence-corrected chi connectivity index (χ2v) is 4.73. The molecule has 0 spiro atoms. The first-order valence-electron chi connectivity index (χ1n) is 4.94. The molecule has 1 nitrogen and oxygen atoms in total. The lowest BCUT2D eigenvalue weighted by Gasteiger charge is -2.16. The Morgan fingerprint density at radius 3 is 2.29 bits per heavy atom. The van der Waals surface area contributed by atoms with Crippen molar-refractivity contribution in [3.8, 4) is 5.75 Å². The molecule has 14 heavy (non-hydrogen) atoms. The number of rotatable bonds is 3. The van der Waals surface area contributed by atoms with E-state index in [2.05, 4.69) is 19.1 Å². The summed E-state index contributed by atoms with van der Waals surface area (Å²) in [5, 5.41) is 0.147. The second-order valence-electron chi connectivity index (χ2n) is 4.29. The fourth-order valence-electron chi connectivity index (χ4n) is 1.63. The third-order valence-corrected chi connectivity index (χ3v) is 3.84. The predicted octanol–water partition coefficient (Wildman–Crippen LogP) is 3.78. The van der Waals surface area contributed by atoms with E-state index < -0.39 is 0 Å². The third kappa shape index (κ3) is 1.74. The van der Waals surface area contributed by atoms with E-state index in [1.54, 1.807) is 7.11 Å². The van der Waals surface area contributed by atoms with Crippen LogP contribution in [0.4, 0.5) is 0 Å². The van der Waals surface area contributed by atoms with Crippen LogP contribution in [0.15, 0.2) is 24.3 Å². The standard InChI is InChI=1S/C12H15ClO/c1-12(7-8-12)11(13)9-3-5-10(14-2)6-4-9/h3-6,11H,7-8H2,1-2H3. The van der Waals surface area contributed by atoms with Crippen molar-refractivity contribution in [1.29, 1.82) is 0 Å². The summed E-state index contributed by atoms with van der Waals surface area (Å²) in [6, 6.07) is 8.05. The lowest BCUT2D eigenvalue weighted by Crippen LogP contribution is -2.03. The van der Waals surface area contributed by atoms with E-state index in [-0.39, 0.29) is 5.38 Å². The molecule has 76 valence electrons. The summed E-state index contributed by atoms with van der Waals surface area (Å²) in [6.07, 6.45) is 2.49. The van der Waals surface area contributed by atoms with Gasteiger partial charge < -0.3 is 4.74 Å². The van der Waals surface area contributed by atoms with Crippen LogP contribution in [-0.4, -0.2) is 7.11 Å². The van der Waals surface area contributed by atoms with Crippen LogP contribution < -0.4 is 4.74 Å². The quantitative estimate of drug-likeness (QED) is 0.690. The predicted molar refractivity (Wildman–Crippen MR) is 58.9 cm³/mol. The van der Waals surface area contributed by atoms with E-state index in [1.807, 2.05) is 12.1 Å². The topological polar surface area (TPSA) is 9.23 Å². The summed E-state index contributed by atoms with van der Waals surface area (Å²) in [6.45, 7) is 2.24. The number of halogens is 1. The lowest BCUT2D eigenvalue weighted by atomic mass is 9.98. The summed E-state index contributed by atoms with van der Waals surface area (Å²) in [4.78, 5) is 0. The molecule has 1 aliphatic rings. The molecule has 1 aliphatic carbocycles. The smallest absolute Gasteiger partial charge is 0.118 e. The van der Waals surface area contributed by atoms with E-state index in [1.165, 1.54) is 18.4 Å². The molecular formula is C12H15ClO. The Bertz CT molecular complexity index is 314. The highest BCUT2D eigenvalue weighted by Crippen LogP contribution is 2.57. The second kappa shape index (κ2) is 3.47. The molecule has 0 amide bonds. The molecule has 0 heterocycles. The van der Waals surface area contributed by atoms with Crippen molar-refractivity contribution in [2.75, 3.05) is 7.11 Å². The minimum absolute atomic E-state index is 0.147. The molecule has 2 rings (SSSR count). The van der Waals surface area contributed by atoms with Gasteiger partial charge in [-0.15, -0.1) is 11.6 Å². The minimum atomic E-state index is 0.147. The average Bonchev–Trinajstić information content (AvgIpc) is 2.97. The molecule has 0 N–H and O–H groups in total. The molecule has 0 saturated heterocycles. The summed E-state index contributed by atoms with van der Waals surface area (Å²) < 4.78 is 5.11. The zero-order valence-corrected chi connectivity index (χ0v) is 9.34. The van der Waals surface area contributed by atoms with Crippen LogP contribution in [0.1, 0.15) is 30.7 Å². The Kier molecular flexibility index (Phi) is 2.44. The third-order valence-electron chi connectivity index (χ3n) is 3.06. The van der Waals surface area contributed by atoms with E-state index in [0.717, 1.165) is 5.75 Å². The fraction of sp³-hybridized carbons (Fsp3) is 0.500. The molecule has 2 heteroatoms. The van der Waals surface area contributed by atoms with Gasteiger partial charge in [0.05, 0.1) is 12.5 Å². The van der Waals surface area contributed by atoms with Crippen LogP contribution in [0.5, 0.6) is 5.75 Å². The molecule has 1 aromatic rings. The van der Waals surface area contributed by atoms with Crippen LogP contribution in [0, 0.1) is 5.41 Å². The van der Waals surface area contributed by atoms with Crippen molar-refractivity contribution in [2.45, 2.75) is 25.1 Å². The highest BCUT2D eigenvalue weighted by molar-refractivity contribution is 6.21. The Balaban J connectivity index is 2.16. The molecule has 1 unspecified atom stereocenters. The van der Waals surface area contributed by atoms with Crippen molar-refractivity contribution in [2.24, 2.45) is 5.41 Å². The average molecular weight is 211 g/mol. The van der Waals surface area contributed by atoms with Crippen molar-refractivity contribution >= 4 is 11.6 Å². The summed E-state index contributed by atoms with van der Waals surface area (Å²) >= 11 is 6.40. The lowest BCUT2D eigenvalue weighted by molar-refractivity contribution is 0.414. The molecule has 0 radical (unpaired) electrons. The van der Waals surface area contributed by atoms with Crippen molar-refractivity contribution in [3.63, 3.8) is 0 Å². The zero-order chi connectivity index (χ0) is 10.2. The van der Waals surface area contributed by atoms with Gasteiger partial charge in [0.15, 0.2) is 0 Å². The summed E-state index contributed by atoms with van der Waals surface area (Å²) in [7, 11) is 1.68. The summed E-state index contributed by atoms with van der Waals surface area (Å²) in [5.74, 6) is 0.888. The van der Waals surface area contributed by atoms with Crippen LogP contribution in [0.25, 0.3) is 0 Å². The highest BCUT2D eigenvalue weighted by atomic mass is 35.5. The van der Waals surface area contributed by atoms with Gasteiger partial charge in [-0.25, -0.2) is 0 Å². The monoisotopic (exact) mass is 210 g/mol. The van der Waals surface area contributed by atoms with E-state index in [0.29, 0.717) is 5.41 Å². The maximum absolute atomic E-state index is 6.40. The zero-order valence-electron chi connectivity index (χ0n) is 8.59. The number of hydrogen-bond donors (Lipinski definition) is 0.